The first-order valence-corrected chi connectivity index (χ1v) is 4.87. The summed E-state index contributed by atoms with van der Waals surface area (Å²) >= 11 is 5.88. The van der Waals surface area contributed by atoms with Crippen molar-refractivity contribution in [1.82, 2.24) is 0 Å². The Morgan fingerprint density at radius 2 is 2.00 bits per heavy atom. The smallest absolute Gasteiger partial charge is 0.186 e. The molecule has 0 amide bonds. The van der Waals surface area contributed by atoms with Crippen LogP contribution < -0.4 is 15.2 Å². The quantitative estimate of drug-likeness (QED) is 0.588. The number of carbonyl (C=O) groups excluding carboxylic acids is 1. The summed E-state index contributed by atoms with van der Waals surface area (Å²) < 4.78 is 10.7. The maximum Gasteiger partial charge on any atom is 0.186 e. The molecule has 5 heteroatoms. The first kappa shape index (κ1) is 10.1. The molecule has 15 heavy (non-hydrogen) atoms. The number of Topliss-reactive ketones (excluding diaryl/α,β-unsaturated/α-hetero) is 1. The summed E-state index contributed by atoms with van der Waals surface area (Å²) in [4.78, 5) is 11.3. The molecule has 0 spiro atoms. The first-order valence-electron chi connectivity index (χ1n) is 4.49. The molecule has 1 aromatic rings. The third-order valence-electron chi connectivity index (χ3n) is 2.18. The fraction of sp³-hybridized carbons (Fsp3) is 0.300. The number of ketones is 1. The molecule has 0 saturated heterocycles. The van der Waals surface area contributed by atoms with Crippen molar-refractivity contribution in [2.24, 2.45) is 0 Å². The highest BCUT2D eigenvalue weighted by Crippen LogP contribution is 2.43. The normalized spacial score (nSPS) is 13.7. The van der Waals surface area contributed by atoms with E-state index in [1.54, 1.807) is 0 Å². The summed E-state index contributed by atoms with van der Waals surface area (Å²) in [6.07, 6.45) is 0. The molecule has 0 unspecified atom stereocenters. The fourth-order valence-electron chi connectivity index (χ4n) is 1.46. The van der Waals surface area contributed by atoms with Gasteiger partial charge in [0.05, 0.1) is 16.3 Å². The molecule has 1 aliphatic heterocycles. The molecule has 2 rings (SSSR count). The van der Waals surface area contributed by atoms with Crippen molar-refractivity contribution in [1.29, 1.82) is 0 Å². The average molecular weight is 228 g/mol. The highest BCUT2D eigenvalue weighted by atomic mass is 35.5. The number of nitrogen functional groups attached to an aromatic ring is 1. The minimum absolute atomic E-state index is 0.126. The molecule has 1 aliphatic rings. The van der Waals surface area contributed by atoms with E-state index >= 15 is 0 Å². The summed E-state index contributed by atoms with van der Waals surface area (Å²) in [5.41, 5.74) is 6.45. The van der Waals surface area contributed by atoms with Crippen LogP contribution in [0.1, 0.15) is 17.3 Å². The molecule has 0 aliphatic carbocycles. The zero-order valence-corrected chi connectivity index (χ0v) is 8.93. The summed E-state index contributed by atoms with van der Waals surface area (Å²) in [6.45, 7) is 2.27. The van der Waals surface area contributed by atoms with Crippen LogP contribution >= 0.6 is 11.6 Å². The van der Waals surface area contributed by atoms with Crippen LogP contribution in [0.2, 0.25) is 5.02 Å². The van der Waals surface area contributed by atoms with Crippen molar-refractivity contribution < 1.29 is 14.3 Å². The minimum Gasteiger partial charge on any atom is -0.485 e. The molecule has 0 fully saturated rings. The Kier molecular flexibility index (Phi) is 2.44. The molecule has 0 atom stereocenters. The van der Waals surface area contributed by atoms with Gasteiger partial charge in [0.2, 0.25) is 0 Å². The molecule has 4 nitrogen and oxygen atoms in total. The molecule has 0 saturated carbocycles. The highest BCUT2D eigenvalue weighted by Gasteiger charge is 2.23. The molecular formula is C10H10ClNO3. The molecular weight excluding hydrogens is 218 g/mol. The highest BCUT2D eigenvalue weighted by molar-refractivity contribution is 6.34. The Labute approximate surface area is 91.9 Å². The maximum absolute atomic E-state index is 11.3. The van der Waals surface area contributed by atoms with E-state index in [0.717, 1.165) is 0 Å². The van der Waals surface area contributed by atoms with Gasteiger partial charge >= 0.3 is 0 Å². The monoisotopic (exact) mass is 227 g/mol. The van der Waals surface area contributed by atoms with Crippen LogP contribution in [0, 0.1) is 0 Å². The second kappa shape index (κ2) is 3.62. The fourth-order valence-corrected chi connectivity index (χ4v) is 1.65. The third kappa shape index (κ3) is 1.61. The maximum atomic E-state index is 11.3. The van der Waals surface area contributed by atoms with E-state index in [-0.39, 0.29) is 5.78 Å². The van der Waals surface area contributed by atoms with Crippen molar-refractivity contribution >= 4 is 23.1 Å². The van der Waals surface area contributed by atoms with Crippen LogP contribution in [0.3, 0.4) is 0 Å². The number of ether oxygens (including phenoxy) is 2. The van der Waals surface area contributed by atoms with E-state index in [1.165, 1.54) is 13.0 Å². The van der Waals surface area contributed by atoms with Gasteiger partial charge in [0.1, 0.15) is 13.2 Å². The lowest BCUT2D eigenvalue weighted by Crippen LogP contribution is -2.18. The predicted molar refractivity (Wildman–Crippen MR) is 56.9 cm³/mol. The van der Waals surface area contributed by atoms with E-state index in [1.807, 2.05) is 0 Å². The number of hydrogen-bond donors (Lipinski definition) is 1. The SMILES string of the molecule is CC(=O)c1cc(Cl)c(N)c2c1OCCO2. The zero-order valence-electron chi connectivity index (χ0n) is 8.17. The Morgan fingerprint density at radius 3 is 2.60 bits per heavy atom. The summed E-state index contributed by atoms with van der Waals surface area (Å²) in [5, 5.41) is 0.310. The van der Waals surface area contributed by atoms with E-state index in [4.69, 9.17) is 26.8 Å². The van der Waals surface area contributed by atoms with Crippen molar-refractivity contribution in [3.8, 4) is 11.5 Å². The predicted octanol–water partition coefficient (Wildman–Crippen LogP) is 1.90. The summed E-state index contributed by atoms with van der Waals surface area (Å²) in [6, 6.07) is 1.51. The summed E-state index contributed by atoms with van der Waals surface area (Å²) in [5.74, 6) is 0.647. The molecule has 80 valence electrons. The van der Waals surface area contributed by atoms with Crippen LogP contribution in [0.15, 0.2) is 6.07 Å². The number of anilines is 1. The molecule has 0 bridgehead atoms. The van der Waals surface area contributed by atoms with E-state index in [0.29, 0.717) is 41.0 Å². The second-order valence-electron chi connectivity index (χ2n) is 3.23. The average Bonchev–Trinajstić information content (AvgIpc) is 2.23. The van der Waals surface area contributed by atoms with E-state index < -0.39 is 0 Å². The zero-order chi connectivity index (χ0) is 11.0. The van der Waals surface area contributed by atoms with Gasteiger partial charge in [0.25, 0.3) is 0 Å². The van der Waals surface area contributed by atoms with Crippen molar-refractivity contribution in [3.05, 3.63) is 16.7 Å². The van der Waals surface area contributed by atoms with Gasteiger partial charge in [0, 0.05) is 0 Å². The number of rotatable bonds is 1. The molecule has 0 aromatic heterocycles. The van der Waals surface area contributed by atoms with Crippen LogP contribution in [0.5, 0.6) is 11.5 Å². The lowest BCUT2D eigenvalue weighted by atomic mass is 10.1. The van der Waals surface area contributed by atoms with Gasteiger partial charge in [-0.15, -0.1) is 0 Å². The topological polar surface area (TPSA) is 61.6 Å². The molecule has 1 heterocycles. The first-order chi connectivity index (χ1) is 7.11. The number of hydrogen-bond acceptors (Lipinski definition) is 4. The second-order valence-corrected chi connectivity index (χ2v) is 3.64. The van der Waals surface area contributed by atoms with Crippen molar-refractivity contribution in [3.63, 3.8) is 0 Å². The van der Waals surface area contributed by atoms with Gasteiger partial charge in [-0.25, -0.2) is 0 Å². The number of benzene rings is 1. The Morgan fingerprint density at radius 1 is 1.40 bits per heavy atom. The lowest BCUT2D eigenvalue weighted by Gasteiger charge is -2.22. The number of nitrogens with two attached hydrogens (primary N) is 1. The minimum atomic E-state index is -0.126. The van der Waals surface area contributed by atoms with Gasteiger partial charge in [0.15, 0.2) is 17.3 Å². The summed E-state index contributed by atoms with van der Waals surface area (Å²) in [7, 11) is 0. The molecule has 1 aromatic carbocycles. The van der Waals surface area contributed by atoms with Crippen LogP contribution in [-0.2, 0) is 0 Å². The molecule has 0 radical (unpaired) electrons. The Balaban J connectivity index is 2.67. The van der Waals surface area contributed by atoms with Crippen LogP contribution in [0.4, 0.5) is 5.69 Å². The van der Waals surface area contributed by atoms with Gasteiger partial charge in [-0.2, -0.15) is 0 Å². The van der Waals surface area contributed by atoms with E-state index in [2.05, 4.69) is 0 Å². The lowest BCUT2D eigenvalue weighted by molar-refractivity contribution is 0.100. The van der Waals surface area contributed by atoms with Crippen molar-refractivity contribution in [2.75, 3.05) is 18.9 Å². The third-order valence-corrected chi connectivity index (χ3v) is 2.49. The number of carbonyl (C=O) groups is 1. The van der Waals surface area contributed by atoms with Gasteiger partial charge in [-0.05, 0) is 13.0 Å². The van der Waals surface area contributed by atoms with Crippen LogP contribution in [-0.4, -0.2) is 19.0 Å². The van der Waals surface area contributed by atoms with E-state index in [9.17, 15) is 4.79 Å². The van der Waals surface area contributed by atoms with Gasteiger partial charge < -0.3 is 15.2 Å². The van der Waals surface area contributed by atoms with Crippen LogP contribution in [0.25, 0.3) is 0 Å². The van der Waals surface area contributed by atoms with Gasteiger partial charge in [-0.1, -0.05) is 11.6 Å². The Bertz CT molecular complexity index is 431. The number of halogens is 1. The Hall–Kier alpha value is -1.42. The van der Waals surface area contributed by atoms with Crippen molar-refractivity contribution in [2.45, 2.75) is 6.92 Å². The van der Waals surface area contributed by atoms with Gasteiger partial charge in [-0.3, -0.25) is 4.79 Å². The standard InChI is InChI=1S/C10H10ClNO3/c1-5(13)6-4-7(11)8(12)10-9(6)14-2-3-15-10/h4H,2-3,12H2,1H3. The largest absolute Gasteiger partial charge is 0.485 e. The number of fused-ring (bicyclic) bond motifs is 1. The molecule has 2 N–H and O–H groups in total.